The van der Waals surface area contributed by atoms with Gasteiger partial charge in [-0.3, -0.25) is 4.79 Å². The van der Waals surface area contributed by atoms with Gasteiger partial charge in [0.2, 0.25) is 0 Å². The van der Waals surface area contributed by atoms with Crippen LogP contribution in [0.4, 0.5) is 0 Å². The smallest absolute Gasteiger partial charge is 0.163 e. The summed E-state index contributed by atoms with van der Waals surface area (Å²) in [6, 6.07) is 18.0. The zero-order chi connectivity index (χ0) is 13.5. The van der Waals surface area contributed by atoms with Crippen LogP contribution in [0, 0.1) is 6.92 Å². The van der Waals surface area contributed by atoms with Crippen LogP contribution in [0.1, 0.15) is 27.9 Å². The monoisotopic (exact) mass is 270 g/mol. The minimum Gasteiger partial charge on any atom is -0.294 e. The molecule has 2 aromatic carbocycles. The lowest BCUT2D eigenvalue weighted by atomic mass is 10.1. The van der Waals surface area contributed by atoms with Crippen molar-refractivity contribution in [2.75, 3.05) is 5.75 Å². The molecule has 0 unspecified atom stereocenters. The van der Waals surface area contributed by atoms with Crippen molar-refractivity contribution in [3.8, 4) is 0 Å². The van der Waals surface area contributed by atoms with Crippen molar-refractivity contribution in [3.05, 3.63) is 71.3 Å². The Bertz CT molecular complexity index is 534. The molecule has 2 rings (SSSR count). The highest BCUT2D eigenvalue weighted by atomic mass is 32.2. The summed E-state index contributed by atoms with van der Waals surface area (Å²) >= 11 is 1.82. The zero-order valence-electron chi connectivity index (χ0n) is 11.1. The molecule has 0 aliphatic heterocycles. The van der Waals surface area contributed by atoms with Gasteiger partial charge in [0.1, 0.15) is 0 Å². The quantitative estimate of drug-likeness (QED) is 0.568. The summed E-state index contributed by atoms with van der Waals surface area (Å²) in [4.78, 5) is 11.9. The molecule has 0 N–H and O–H groups in total. The molecule has 19 heavy (non-hydrogen) atoms. The van der Waals surface area contributed by atoms with Crippen molar-refractivity contribution in [2.24, 2.45) is 0 Å². The summed E-state index contributed by atoms with van der Waals surface area (Å²) in [7, 11) is 0. The molecule has 98 valence electrons. The van der Waals surface area contributed by atoms with E-state index in [1.165, 1.54) is 11.1 Å². The van der Waals surface area contributed by atoms with Gasteiger partial charge in [0.05, 0.1) is 0 Å². The molecule has 0 aromatic heterocycles. The summed E-state index contributed by atoms with van der Waals surface area (Å²) < 4.78 is 0. The highest BCUT2D eigenvalue weighted by Gasteiger charge is 2.04. The molecule has 2 aromatic rings. The minimum atomic E-state index is 0.234. The van der Waals surface area contributed by atoms with Gasteiger partial charge in [-0.05, 0) is 12.5 Å². The topological polar surface area (TPSA) is 17.1 Å². The van der Waals surface area contributed by atoms with E-state index in [1.54, 1.807) is 0 Å². The van der Waals surface area contributed by atoms with Crippen LogP contribution in [0.5, 0.6) is 0 Å². The predicted molar refractivity (Wildman–Crippen MR) is 82.7 cm³/mol. The lowest BCUT2D eigenvalue weighted by Crippen LogP contribution is -2.00. The Balaban J connectivity index is 1.74. The number of carbonyl (C=O) groups excluding carboxylic acids is 1. The standard InChI is InChI=1S/C17H18OS/c1-14-6-5-7-15(12-14)13-19-11-10-17(18)16-8-3-2-4-9-16/h2-9,12H,10-11,13H2,1H3. The van der Waals surface area contributed by atoms with Gasteiger partial charge in [-0.15, -0.1) is 0 Å². The minimum absolute atomic E-state index is 0.234. The third-order valence-corrected chi connectivity index (χ3v) is 3.95. The highest BCUT2D eigenvalue weighted by molar-refractivity contribution is 7.98. The molecule has 0 aliphatic carbocycles. The number of ketones is 1. The maximum Gasteiger partial charge on any atom is 0.163 e. The van der Waals surface area contributed by atoms with Gasteiger partial charge in [-0.25, -0.2) is 0 Å². The fourth-order valence-corrected chi connectivity index (χ4v) is 2.81. The van der Waals surface area contributed by atoms with Gasteiger partial charge in [-0.1, -0.05) is 60.2 Å². The maximum atomic E-state index is 11.9. The summed E-state index contributed by atoms with van der Waals surface area (Å²) in [5, 5.41) is 0. The first-order chi connectivity index (χ1) is 9.25. The van der Waals surface area contributed by atoms with Gasteiger partial charge >= 0.3 is 0 Å². The van der Waals surface area contributed by atoms with Crippen LogP contribution in [0.25, 0.3) is 0 Å². The first kappa shape index (κ1) is 13.9. The fraction of sp³-hybridized carbons (Fsp3) is 0.235. The first-order valence-electron chi connectivity index (χ1n) is 6.47. The van der Waals surface area contributed by atoms with Crippen LogP contribution < -0.4 is 0 Å². The van der Waals surface area contributed by atoms with Crippen molar-refractivity contribution >= 4 is 17.5 Å². The summed E-state index contributed by atoms with van der Waals surface area (Å²) in [5.74, 6) is 2.09. The van der Waals surface area contributed by atoms with Crippen LogP contribution in [0.3, 0.4) is 0 Å². The molecule has 0 saturated heterocycles. The third kappa shape index (κ3) is 4.56. The molecule has 0 bridgehead atoms. The second kappa shape index (κ2) is 7.15. The van der Waals surface area contributed by atoms with Crippen molar-refractivity contribution in [3.63, 3.8) is 0 Å². The molecular formula is C17H18OS. The molecule has 1 nitrogen and oxygen atoms in total. The number of hydrogen-bond donors (Lipinski definition) is 0. The summed E-state index contributed by atoms with van der Waals surface area (Å²) in [6.45, 7) is 2.10. The molecule has 0 amide bonds. The van der Waals surface area contributed by atoms with Gasteiger partial charge in [0, 0.05) is 23.5 Å². The van der Waals surface area contributed by atoms with E-state index in [-0.39, 0.29) is 5.78 Å². The van der Waals surface area contributed by atoms with Crippen LogP contribution in [0.15, 0.2) is 54.6 Å². The van der Waals surface area contributed by atoms with Crippen LogP contribution in [-0.2, 0) is 5.75 Å². The maximum absolute atomic E-state index is 11.9. The fourth-order valence-electron chi connectivity index (χ4n) is 1.93. The number of thioether (sulfide) groups is 1. The number of benzene rings is 2. The molecule has 2 heteroatoms. The van der Waals surface area contributed by atoms with Crippen LogP contribution >= 0.6 is 11.8 Å². The van der Waals surface area contributed by atoms with Gasteiger partial charge in [0.25, 0.3) is 0 Å². The van der Waals surface area contributed by atoms with Gasteiger partial charge in [0.15, 0.2) is 5.78 Å². The molecular weight excluding hydrogens is 252 g/mol. The normalized spacial score (nSPS) is 10.4. The Kier molecular flexibility index (Phi) is 5.22. The number of aryl methyl sites for hydroxylation is 1. The second-order valence-corrected chi connectivity index (χ2v) is 5.69. The van der Waals surface area contributed by atoms with E-state index in [4.69, 9.17) is 0 Å². The van der Waals surface area contributed by atoms with E-state index in [0.29, 0.717) is 6.42 Å². The van der Waals surface area contributed by atoms with Crippen molar-refractivity contribution in [1.29, 1.82) is 0 Å². The molecule has 0 saturated carbocycles. The van der Waals surface area contributed by atoms with Crippen molar-refractivity contribution in [2.45, 2.75) is 19.1 Å². The molecule has 0 spiro atoms. The van der Waals surface area contributed by atoms with Crippen LogP contribution in [-0.4, -0.2) is 11.5 Å². The lowest BCUT2D eigenvalue weighted by Gasteiger charge is -2.03. The van der Waals surface area contributed by atoms with E-state index >= 15 is 0 Å². The third-order valence-electron chi connectivity index (χ3n) is 2.92. The summed E-state index contributed by atoms with van der Waals surface area (Å²) in [6.07, 6.45) is 0.612. The second-order valence-electron chi connectivity index (χ2n) is 4.58. The Labute approximate surface area is 119 Å². The predicted octanol–water partition coefficient (Wildman–Crippen LogP) is 4.50. The Morgan fingerprint density at radius 1 is 1.05 bits per heavy atom. The van der Waals surface area contributed by atoms with Crippen LogP contribution in [0.2, 0.25) is 0 Å². The molecule has 0 fully saturated rings. The number of hydrogen-bond acceptors (Lipinski definition) is 2. The van der Waals surface area contributed by atoms with Gasteiger partial charge < -0.3 is 0 Å². The zero-order valence-corrected chi connectivity index (χ0v) is 12.0. The van der Waals surface area contributed by atoms with E-state index in [0.717, 1.165) is 17.1 Å². The Morgan fingerprint density at radius 3 is 2.58 bits per heavy atom. The van der Waals surface area contributed by atoms with E-state index in [2.05, 4.69) is 31.2 Å². The largest absolute Gasteiger partial charge is 0.294 e. The number of Topliss-reactive ketones (excluding diaryl/α,β-unsaturated/α-hetero) is 1. The molecule has 0 atom stereocenters. The summed E-state index contributed by atoms with van der Waals surface area (Å²) in [5.41, 5.74) is 3.44. The molecule has 0 heterocycles. The average molecular weight is 270 g/mol. The number of rotatable bonds is 6. The highest BCUT2D eigenvalue weighted by Crippen LogP contribution is 2.15. The van der Waals surface area contributed by atoms with Crippen molar-refractivity contribution < 1.29 is 4.79 Å². The van der Waals surface area contributed by atoms with Crippen molar-refractivity contribution in [1.82, 2.24) is 0 Å². The lowest BCUT2D eigenvalue weighted by molar-refractivity contribution is 0.0989. The SMILES string of the molecule is Cc1cccc(CSCCC(=O)c2ccccc2)c1. The van der Waals surface area contributed by atoms with E-state index in [1.807, 2.05) is 42.1 Å². The molecule has 0 aliphatic rings. The molecule has 0 radical (unpaired) electrons. The Morgan fingerprint density at radius 2 is 1.84 bits per heavy atom. The first-order valence-corrected chi connectivity index (χ1v) is 7.63. The van der Waals surface area contributed by atoms with Gasteiger partial charge in [-0.2, -0.15) is 11.8 Å². The Hall–Kier alpha value is -1.54. The average Bonchev–Trinajstić information content (AvgIpc) is 2.44. The van der Waals surface area contributed by atoms with E-state index < -0.39 is 0 Å². The van der Waals surface area contributed by atoms with E-state index in [9.17, 15) is 4.79 Å². The number of carbonyl (C=O) groups is 1.